The molecule has 0 saturated heterocycles. The van der Waals surface area contributed by atoms with Crippen molar-refractivity contribution in [2.75, 3.05) is 5.01 Å². The average molecular weight is 396 g/mol. The van der Waals surface area contributed by atoms with E-state index in [9.17, 15) is 31.4 Å². The SMILES string of the molecule is CC1=NN(c2nc(-c3cccs3)cc(C(F)(F)F)n2)C(O)(C(F)(F)F)C1. The molecule has 5 nitrogen and oxygen atoms in total. The highest BCUT2D eigenvalue weighted by Gasteiger charge is 2.62. The molecule has 1 N–H and O–H groups in total. The Labute approximate surface area is 146 Å². The van der Waals surface area contributed by atoms with Crippen molar-refractivity contribution in [3.05, 3.63) is 29.3 Å². The fraction of sp³-hybridized carbons (Fsp3) is 0.357. The number of aromatic nitrogens is 2. The molecule has 0 aromatic carbocycles. The molecule has 1 unspecified atom stereocenters. The number of rotatable bonds is 2. The van der Waals surface area contributed by atoms with Crippen molar-refractivity contribution in [1.29, 1.82) is 0 Å². The molecule has 1 aliphatic rings. The van der Waals surface area contributed by atoms with Crippen LogP contribution < -0.4 is 5.01 Å². The number of hydrogen-bond donors (Lipinski definition) is 1. The van der Waals surface area contributed by atoms with Gasteiger partial charge in [0, 0.05) is 12.1 Å². The summed E-state index contributed by atoms with van der Waals surface area (Å²) in [4.78, 5) is 7.24. The first kappa shape index (κ1) is 18.6. The monoisotopic (exact) mass is 396 g/mol. The number of hydrazone groups is 1. The van der Waals surface area contributed by atoms with E-state index in [1.807, 2.05) is 0 Å². The third-order valence-corrected chi connectivity index (χ3v) is 4.44. The van der Waals surface area contributed by atoms with Crippen molar-refractivity contribution in [3.63, 3.8) is 0 Å². The summed E-state index contributed by atoms with van der Waals surface area (Å²) in [6.07, 6.45) is -11.0. The molecule has 0 aliphatic carbocycles. The van der Waals surface area contributed by atoms with Crippen LogP contribution in [0.25, 0.3) is 10.6 Å². The van der Waals surface area contributed by atoms with Gasteiger partial charge in [0.15, 0.2) is 5.69 Å². The van der Waals surface area contributed by atoms with Crippen molar-refractivity contribution in [2.45, 2.75) is 31.4 Å². The molecule has 1 aliphatic heterocycles. The number of thiophene rings is 1. The minimum absolute atomic E-state index is 0.00528. The van der Waals surface area contributed by atoms with Crippen LogP contribution >= 0.6 is 11.3 Å². The number of anilines is 1. The van der Waals surface area contributed by atoms with Gasteiger partial charge in [0.05, 0.1) is 10.6 Å². The van der Waals surface area contributed by atoms with E-state index in [0.29, 0.717) is 10.9 Å². The smallest absolute Gasteiger partial charge is 0.362 e. The largest absolute Gasteiger partial charge is 0.438 e. The van der Waals surface area contributed by atoms with E-state index in [4.69, 9.17) is 0 Å². The molecule has 2 aromatic heterocycles. The summed E-state index contributed by atoms with van der Waals surface area (Å²) in [7, 11) is 0. The Kier molecular flexibility index (Phi) is 4.22. The Hall–Kier alpha value is -2.21. The molecule has 3 rings (SSSR count). The second-order valence-electron chi connectivity index (χ2n) is 5.55. The second kappa shape index (κ2) is 5.91. The Morgan fingerprint density at radius 3 is 2.42 bits per heavy atom. The Balaban J connectivity index is 2.19. The van der Waals surface area contributed by atoms with E-state index in [1.165, 1.54) is 13.0 Å². The lowest BCUT2D eigenvalue weighted by Gasteiger charge is -2.32. The summed E-state index contributed by atoms with van der Waals surface area (Å²) in [5.41, 5.74) is -5.30. The molecule has 2 aromatic rings. The first-order valence-electron chi connectivity index (χ1n) is 7.05. The Bertz CT molecular complexity index is 848. The standard InChI is InChI=1S/C14H10F6N4OS/c1-7-6-12(25,14(18,19)20)24(23-7)11-21-8(9-3-2-4-26-9)5-10(22-11)13(15,16)17/h2-5,25H,6H2,1H3. The van der Waals surface area contributed by atoms with Crippen LogP contribution in [-0.4, -0.2) is 32.7 Å². The van der Waals surface area contributed by atoms with Crippen LogP contribution in [0.15, 0.2) is 28.7 Å². The molecule has 0 radical (unpaired) electrons. The highest BCUT2D eigenvalue weighted by atomic mass is 32.1. The third kappa shape index (κ3) is 3.14. The van der Waals surface area contributed by atoms with E-state index in [2.05, 4.69) is 15.1 Å². The summed E-state index contributed by atoms with van der Waals surface area (Å²) < 4.78 is 79.4. The molecule has 26 heavy (non-hydrogen) atoms. The van der Waals surface area contributed by atoms with Gasteiger partial charge in [-0.2, -0.15) is 36.5 Å². The topological polar surface area (TPSA) is 61.6 Å². The fourth-order valence-corrected chi connectivity index (χ4v) is 3.06. The molecular formula is C14H10F6N4OS. The highest BCUT2D eigenvalue weighted by molar-refractivity contribution is 7.13. The van der Waals surface area contributed by atoms with Gasteiger partial charge >= 0.3 is 12.4 Å². The highest BCUT2D eigenvalue weighted by Crippen LogP contribution is 2.43. The summed E-state index contributed by atoms with van der Waals surface area (Å²) in [6, 6.07) is 3.65. The van der Waals surface area contributed by atoms with Gasteiger partial charge in [-0.15, -0.1) is 11.3 Å². The van der Waals surface area contributed by atoms with Crippen molar-refractivity contribution >= 4 is 23.0 Å². The molecule has 12 heteroatoms. The van der Waals surface area contributed by atoms with Crippen molar-refractivity contribution in [2.24, 2.45) is 5.10 Å². The molecule has 0 amide bonds. The summed E-state index contributed by atoms with van der Waals surface area (Å²) in [5.74, 6) is -0.986. The number of hydrogen-bond acceptors (Lipinski definition) is 6. The minimum atomic E-state index is -5.19. The minimum Gasteiger partial charge on any atom is -0.362 e. The fourth-order valence-electron chi connectivity index (χ4n) is 2.38. The summed E-state index contributed by atoms with van der Waals surface area (Å²) >= 11 is 1.06. The molecule has 0 fully saturated rings. The second-order valence-corrected chi connectivity index (χ2v) is 6.50. The first-order valence-corrected chi connectivity index (χ1v) is 7.93. The molecule has 0 spiro atoms. The lowest BCUT2D eigenvalue weighted by Crippen LogP contribution is -2.55. The summed E-state index contributed by atoms with van der Waals surface area (Å²) in [6.45, 7) is 1.21. The van der Waals surface area contributed by atoms with Gasteiger partial charge in [-0.1, -0.05) is 6.07 Å². The van der Waals surface area contributed by atoms with Crippen LogP contribution in [0.4, 0.5) is 32.3 Å². The van der Waals surface area contributed by atoms with Gasteiger partial charge in [0.1, 0.15) is 0 Å². The number of alkyl halides is 6. The zero-order chi connectivity index (χ0) is 19.3. The maximum atomic E-state index is 13.3. The number of halogens is 6. The van der Waals surface area contributed by atoms with E-state index >= 15 is 0 Å². The van der Waals surface area contributed by atoms with Gasteiger partial charge < -0.3 is 5.11 Å². The van der Waals surface area contributed by atoms with E-state index in [-0.39, 0.29) is 16.4 Å². The van der Waals surface area contributed by atoms with Gasteiger partial charge in [-0.3, -0.25) is 0 Å². The van der Waals surface area contributed by atoms with Crippen LogP contribution in [0.2, 0.25) is 0 Å². The molecule has 3 heterocycles. The zero-order valence-electron chi connectivity index (χ0n) is 12.9. The molecule has 1 atom stereocenters. The van der Waals surface area contributed by atoms with Crippen LogP contribution in [0.1, 0.15) is 19.0 Å². The molecule has 0 saturated carbocycles. The zero-order valence-corrected chi connectivity index (χ0v) is 13.7. The Morgan fingerprint density at radius 1 is 1.19 bits per heavy atom. The van der Waals surface area contributed by atoms with Crippen molar-refractivity contribution in [1.82, 2.24) is 9.97 Å². The average Bonchev–Trinajstić information content (AvgIpc) is 3.13. The Morgan fingerprint density at radius 2 is 1.88 bits per heavy atom. The quantitative estimate of drug-likeness (QED) is 0.778. The lowest BCUT2D eigenvalue weighted by molar-refractivity contribution is -0.254. The van der Waals surface area contributed by atoms with E-state index in [0.717, 1.165) is 11.3 Å². The van der Waals surface area contributed by atoms with Gasteiger partial charge in [0.2, 0.25) is 5.95 Å². The maximum absolute atomic E-state index is 13.3. The molecule has 140 valence electrons. The van der Waals surface area contributed by atoms with Gasteiger partial charge in [-0.25, -0.2) is 9.97 Å². The van der Waals surface area contributed by atoms with Crippen LogP contribution in [-0.2, 0) is 6.18 Å². The predicted octanol–water partition coefficient (Wildman–Crippen LogP) is 4.06. The third-order valence-electron chi connectivity index (χ3n) is 3.55. The van der Waals surface area contributed by atoms with Crippen LogP contribution in [0.3, 0.4) is 0 Å². The molecular weight excluding hydrogens is 386 g/mol. The van der Waals surface area contributed by atoms with Crippen LogP contribution in [0, 0.1) is 0 Å². The van der Waals surface area contributed by atoms with Crippen molar-refractivity contribution < 1.29 is 31.4 Å². The molecule has 0 bridgehead atoms. The first-order chi connectivity index (χ1) is 11.9. The van der Waals surface area contributed by atoms with E-state index in [1.54, 1.807) is 11.4 Å². The van der Waals surface area contributed by atoms with Gasteiger partial charge in [-0.05, 0) is 24.4 Å². The van der Waals surface area contributed by atoms with E-state index < -0.39 is 36.1 Å². The number of aliphatic hydroxyl groups is 1. The normalized spacial score (nSPS) is 21.2. The van der Waals surface area contributed by atoms with Crippen molar-refractivity contribution in [3.8, 4) is 10.6 Å². The predicted molar refractivity (Wildman–Crippen MR) is 81.6 cm³/mol. The van der Waals surface area contributed by atoms with Gasteiger partial charge in [0.25, 0.3) is 5.72 Å². The summed E-state index contributed by atoms with van der Waals surface area (Å²) in [5, 5.41) is 15.1. The lowest BCUT2D eigenvalue weighted by atomic mass is 10.1. The number of nitrogens with zero attached hydrogens (tertiary/aromatic N) is 4. The van der Waals surface area contributed by atoms with Crippen LogP contribution in [0.5, 0.6) is 0 Å². The maximum Gasteiger partial charge on any atom is 0.438 e.